The van der Waals surface area contributed by atoms with E-state index >= 15 is 0 Å². The molecule has 1 aliphatic carbocycles. The van der Waals surface area contributed by atoms with Gasteiger partial charge in [-0.05, 0) is 23.3 Å². The predicted molar refractivity (Wildman–Crippen MR) is 91.4 cm³/mol. The van der Waals surface area contributed by atoms with Crippen molar-refractivity contribution in [2.24, 2.45) is 5.10 Å². The van der Waals surface area contributed by atoms with Crippen LogP contribution in [0.5, 0.6) is 0 Å². The van der Waals surface area contributed by atoms with Crippen LogP contribution in [0.15, 0.2) is 77.9 Å². The van der Waals surface area contributed by atoms with Gasteiger partial charge in [-0.3, -0.25) is 4.79 Å². The van der Waals surface area contributed by atoms with Crippen molar-refractivity contribution in [3.63, 3.8) is 0 Å². The van der Waals surface area contributed by atoms with Crippen LogP contribution in [-0.4, -0.2) is 11.6 Å². The van der Waals surface area contributed by atoms with Crippen molar-refractivity contribution in [1.82, 2.24) is 5.43 Å². The van der Waals surface area contributed by atoms with Gasteiger partial charge in [0.05, 0.1) is 11.3 Å². The fraction of sp³-hybridized carbons (Fsp3) is 0. The van der Waals surface area contributed by atoms with Gasteiger partial charge < -0.3 is 0 Å². The number of benzene rings is 3. The summed E-state index contributed by atoms with van der Waals surface area (Å²) >= 11 is 0. The van der Waals surface area contributed by atoms with Gasteiger partial charge in [-0.2, -0.15) is 5.10 Å². The van der Waals surface area contributed by atoms with E-state index in [0.29, 0.717) is 5.71 Å². The maximum absolute atomic E-state index is 13.7. The van der Waals surface area contributed by atoms with Crippen LogP contribution < -0.4 is 5.43 Å². The van der Waals surface area contributed by atoms with Crippen molar-refractivity contribution in [2.75, 3.05) is 0 Å². The van der Waals surface area contributed by atoms with Gasteiger partial charge in [-0.15, -0.1) is 0 Å². The minimum Gasteiger partial charge on any atom is -0.267 e. The number of fused-ring (bicyclic) bond motifs is 3. The second kappa shape index (κ2) is 5.74. The van der Waals surface area contributed by atoms with Crippen molar-refractivity contribution >= 4 is 11.6 Å². The van der Waals surface area contributed by atoms with Crippen LogP contribution in [-0.2, 0) is 0 Å². The van der Waals surface area contributed by atoms with Crippen molar-refractivity contribution in [3.05, 3.63) is 95.3 Å². The first-order chi connectivity index (χ1) is 11.8. The van der Waals surface area contributed by atoms with Gasteiger partial charge in [0, 0.05) is 11.1 Å². The molecule has 0 atom stereocenters. The zero-order valence-electron chi connectivity index (χ0n) is 12.7. The molecule has 0 spiro atoms. The third-order valence-electron chi connectivity index (χ3n) is 4.04. The number of carbonyl (C=O) groups is 1. The molecule has 0 unspecified atom stereocenters. The van der Waals surface area contributed by atoms with Gasteiger partial charge >= 0.3 is 0 Å². The number of hydrogen-bond acceptors (Lipinski definition) is 2. The first kappa shape index (κ1) is 14.3. The van der Waals surface area contributed by atoms with E-state index in [4.69, 9.17) is 0 Å². The third kappa shape index (κ3) is 2.29. The fourth-order valence-electron chi connectivity index (χ4n) is 2.93. The molecule has 24 heavy (non-hydrogen) atoms. The zero-order valence-corrected chi connectivity index (χ0v) is 12.7. The van der Waals surface area contributed by atoms with Gasteiger partial charge in [0.1, 0.15) is 5.82 Å². The second-order valence-corrected chi connectivity index (χ2v) is 5.47. The van der Waals surface area contributed by atoms with Crippen LogP contribution in [0.4, 0.5) is 4.39 Å². The molecule has 0 saturated heterocycles. The molecule has 4 heteroatoms. The quantitative estimate of drug-likeness (QED) is 0.558. The first-order valence-electron chi connectivity index (χ1n) is 7.57. The lowest BCUT2D eigenvalue weighted by atomic mass is 10.1. The van der Waals surface area contributed by atoms with Crippen LogP contribution in [0.3, 0.4) is 0 Å². The largest absolute Gasteiger partial charge is 0.274 e. The van der Waals surface area contributed by atoms with E-state index in [1.165, 1.54) is 12.1 Å². The average Bonchev–Trinajstić information content (AvgIpc) is 2.94. The van der Waals surface area contributed by atoms with Gasteiger partial charge in [0.2, 0.25) is 0 Å². The molecule has 1 amide bonds. The van der Waals surface area contributed by atoms with E-state index in [1.54, 1.807) is 12.1 Å². The molecule has 0 aliphatic heterocycles. The van der Waals surface area contributed by atoms with Gasteiger partial charge in [0.25, 0.3) is 5.91 Å². The Balaban J connectivity index is 1.73. The molecule has 0 saturated carbocycles. The summed E-state index contributed by atoms with van der Waals surface area (Å²) in [6, 6.07) is 21.6. The predicted octanol–water partition coefficient (Wildman–Crippen LogP) is 3.99. The first-order valence-corrected chi connectivity index (χ1v) is 7.57. The second-order valence-electron chi connectivity index (χ2n) is 5.47. The molecule has 3 nitrogen and oxygen atoms in total. The van der Waals surface area contributed by atoms with Crippen LogP contribution in [0, 0.1) is 5.82 Å². The van der Waals surface area contributed by atoms with Crippen molar-refractivity contribution in [1.29, 1.82) is 0 Å². The average molecular weight is 316 g/mol. The molecule has 0 fully saturated rings. The molecule has 1 aliphatic rings. The van der Waals surface area contributed by atoms with Gasteiger partial charge in [0.15, 0.2) is 0 Å². The highest BCUT2D eigenvalue weighted by molar-refractivity contribution is 6.24. The number of amides is 1. The number of rotatable bonds is 2. The summed E-state index contributed by atoms with van der Waals surface area (Å²) in [5.74, 6) is -1.13. The number of nitrogens with one attached hydrogen (secondary N) is 1. The van der Waals surface area contributed by atoms with E-state index < -0.39 is 11.7 Å². The van der Waals surface area contributed by atoms with Gasteiger partial charge in [-0.1, -0.05) is 60.7 Å². The maximum atomic E-state index is 13.7. The lowest BCUT2D eigenvalue weighted by Crippen LogP contribution is -2.21. The highest BCUT2D eigenvalue weighted by Gasteiger charge is 2.24. The van der Waals surface area contributed by atoms with E-state index in [1.807, 2.05) is 48.5 Å². The third-order valence-corrected chi connectivity index (χ3v) is 4.04. The number of halogens is 1. The molecular formula is C20H13FN2O. The summed E-state index contributed by atoms with van der Waals surface area (Å²) in [5.41, 5.74) is 7.19. The minimum absolute atomic E-state index is 0.0265. The number of carbonyl (C=O) groups excluding carboxylic acids is 1. The number of hydrogen-bond donors (Lipinski definition) is 1. The summed E-state index contributed by atoms with van der Waals surface area (Å²) in [7, 11) is 0. The lowest BCUT2D eigenvalue weighted by Gasteiger charge is -2.04. The van der Waals surface area contributed by atoms with Crippen molar-refractivity contribution in [2.45, 2.75) is 0 Å². The molecule has 3 aromatic carbocycles. The van der Waals surface area contributed by atoms with Crippen molar-refractivity contribution in [3.8, 4) is 11.1 Å². The van der Waals surface area contributed by atoms with Crippen LogP contribution in [0.2, 0.25) is 0 Å². The molecule has 116 valence electrons. The molecule has 0 bridgehead atoms. The Morgan fingerprint density at radius 1 is 0.750 bits per heavy atom. The SMILES string of the molecule is O=C(NN=C1c2ccccc2-c2ccccc21)c1ccccc1F. The molecule has 0 radical (unpaired) electrons. The summed E-state index contributed by atoms with van der Waals surface area (Å²) < 4.78 is 13.7. The van der Waals surface area contributed by atoms with E-state index in [0.717, 1.165) is 22.3 Å². The Morgan fingerprint density at radius 2 is 1.25 bits per heavy atom. The minimum atomic E-state index is -0.567. The molecule has 1 N–H and O–H groups in total. The molecular weight excluding hydrogens is 303 g/mol. The van der Waals surface area contributed by atoms with Gasteiger partial charge in [-0.25, -0.2) is 9.82 Å². The lowest BCUT2D eigenvalue weighted by molar-refractivity contribution is 0.0951. The summed E-state index contributed by atoms with van der Waals surface area (Å²) in [6.07, 6.45) is 0. The molecule has 4 rings (SSSR count). The number of hydrazone groups is 1. The topological polar surface area (TPSA) is 41.5 Å². The normalized spacial score (nSPS) is 11.6. The Morgan fingerprint density at radius 3 is 1.83 bits per heavy atom. The highest BCUT2D eigenvalue weighted by Crippen LogP contribution is 2.36. The standard InChI is InChI=1S/C20H13FN2O/c21-18-12-6-5-11-17(18)20(24)23-22-19-15-9-3-1-7-13(15)14-8-2-4-10-16(14)19/h1-12H,(H,23,24). The van der Waals surface area contributed by atoms with Crippen LogP contribution in [0.1, 0.15) is 21.5 Å². The Kier molecular flexibility index (Phi) is 3.43. The summed E-state index contributed by atoms with van der Waals surface area (Å²) in [6.45, 7) is 0. The van der Waals surface area contributed by atoms with E-state index in [-0.39, 0.29) is 5.56 Å². The summed E-state index contributed by atoms with van der Waals surface area (Å²) in [5, 5.41) is 4.27. The summed E-state index contributed by atoms with van der Waals surface area (Å²) in [4.78, 5) is 12.2. The molecule has 0 aromatic heterocycles. The highest BCUT2D eigenvalue weighted by atomic mass is 19.1. The Labute approximate surface area is 138 Å². The molecule has 3 aromatic rings. The van der Waals surface area contributed by atoms with E-state index in [9.17, 15) is 9.18 Å². The molecule has 0 heterocycles. The maximum Gasteiger partial charge on any atom is 0.274 e. The smallest absolute Gasteiger partial charge is 0.267 e. The Hall–Kier alpha value is -3.27. The van der Waals surface area contributed by atoms with Crippen LogP contribution in [0.25, 0.3) is 11.1 Å². The number of nitrogens with zero attached hydrogens (tertiary/aromatic N) is 1. The Bertz CT molecular complexity index is 931. The van der Waals surface area contributed by atoms with Crippen LogP contribution >= 0.6 is 0 Å². The monoisotopic (exact) mass is 316 g/mol. The fourth-order valence-corrected chi connectivity index (χ4v) is 2.93. The van der Waals surface area contributed by atoms with E-state index in [2.05, 4.69) is 10.5 Å². The van der Waals surface area contributed by atoms with Crippen molar-refractivity contribution < 1.29 is 9.18 Å². The zero-order chi connectivity index (χ0) is 16.5.